The molecule has 64 heavy (non-hydrogen) atoms. The molecule has 3 heterocycles. The molecule has 0 unspecified atom stereocenters. The predicted molar refractivity (Wildman–Crippen MR) is 266 cm³/mol. The Kier molecular flexibility index (Phi) is 7.32. The lowest BCUT2D eigenvalue weighted by molar-refractivity contribution is 0.753. The fourth-order valence-electron chi connectivity index (χ4n) is 11.6. The Morgan fingerprint density at radius 2 is 0.688 bits per heavy atom. The van der Waals surface area contributed by atoms with Gasteiger partial charge in [-0.1, -0.05) is 170 Å². The van der Waals surface area contributed by atoms with Gasteiger partial charge in [0.2, 0.25) is 0 Å². The molecule has 1 aliphatic heterocycles. The van der Waals surface area contributed by atoms with Crippen molar-refractivity contribution >= 4 is 60.7 Å². The van der Waals surface area contributed by atoms with Gasteiger partial charge in [0.25, 0.3) is 0 Å². The molecule has 1 spiro atoms. The van der Waals surface area contributed by atoms with E-state index in [2.05, 4.69) is 251 Å². The van der Waals surface area contributed by atoms with Crippen LogP contribution < -0.4 is 4.90 Å². The first kappa shape index (κ1) is 35.2. The van der Waals surface area contributed by atoms with E-state index in [4.69, 9.17) is 0 Å². The van der Waals surface area contributed by atoms with Crippen LogP contribution in [-0.4, -0.2) is 9.13 Å². The van der Waals surface area contributed by atoms with Gasteiger partial charge in [-0.3, -0.25) is 0 Å². The molecule has 2 aliphatic rings. The van der Waals surface area contributed by atoms with Gasteiger partial charge in [-0.05, 0) is 111 Å². The first-order chi connectivity index (χ1) is 31.8. The zero-order valence-electron chi connectivity index (χ0n) is 34.9. The maximum absolute atomic E-state index is 2.49. The van der Waals surface area contributed by atoms with Crippen molar-refractivity contribution in [3.63, 3.8) is 0 Å². The van der Waals surface area contributed by atoms with Gasteiger partial charge in [-0.15, -0.1) is 0 Å². The van der Waals surface area contributed by atoms with Crippen molar-refractivity contribution in [2.75, 3.05) is 4.90 Å². The number of para-hydroxylation sites is 6. The minimum absolute atomic E-state index is 0.512. The third kappa shape index (κ3) is 4.70. The maximum Gasteiger partial charge on any atom is 0.0754 e. The Balaban J connectivity index is 1.09. The second kappa shape index (κ2) is 13.3. The average Bonchev–Trinajstić information content (AvgIpc) is 3.99. The van der Waals surface area contributed by atoms with E-state index in [0.717, 1.165) is 28.2 Å². The molecule has 10 aromatic carbocycles. The second-order valence-corrected chi connectivity index (χ2v) is 17.2. The van der Waals surface area contributed by atoms with Crippen molar-refractivity contribution in [3.05, 3.63) is 259 Å². The largest absolute Gasteiger partial charge is 0.310 e. The third-order valence-corrected chi connectivity index (χ3v) is 14.1. The molecule has 12 aromatic rings. The van der Waals surface area contributed by atoms with E-state index in [1.165, 1.54) is 88.4 Å². The van der Waals surface area contributed by atoms with E-state index in [1.54, 1.807) is 0 Å². The zero-order valence-corrected chi connectivity index (χ0v) is 34.9. The van der Waals surface area contributed by atoms with E-state index in [-0.39, 0.29) is 0 Å². The number of benzene rings is 10. The monoisotopic (exact) mass is 813 g/mol. The normalized spacial score (nSPS) is 13.4. The van der Waals surface area contributed by atoms with Gasteiger partial charge < -0.3 is 14.0 Å². The lowest BCUT2D eigenvalue weighted by Gasteiger charge is -2.45. The van der Waals surface area contributed by atoms with Gasteiger partial charge >= 0.3 is 0 Å². The van der Waals surface area contributed by atoms with Crippen molar-refractivity contribution in [3.8, 4) is 33.6 Å². The molecule has 0 atom stereocenters. The van der Waals surface area contributed by atoms with Crippen molar-refractivity contribution in [1.29, 1.82) is 0 Å². The summed E-state index contributed by atoms with van der Waals surface area (Å²) in [5.41, 5.74) is 20.1. The molecule has 3 heteroatoms. The SMILES string of the molecule is c1ccc(N2c3ccccc3C3(c4ccccc4-c4ccccc43)c3ccc(-c4cc(-n5c6ccccc6c6ccccc65)cc(-n5c6ccccc6c6ccccc65)c4)cc32)cc1. The molecule has 0 radical (unpaired) electrons. The minimum atomic E-state index is -0.512. The molecule has 0 N–H and O–H groups in total. The highest BCUT2D eigenvalue weighted by molar-refractivity contribution is 6.11. The Morgan fingerprint density at radius 3 is 1.22 bits per heavy atom. The van der Waals surface area contributed by atoms with E-state index < -0.39 is 5.41 Å². The Hall–Kier alpha value is -8.40. The number of nitrogens with zero attached hydrogens (tertiary/aromatic N) is 3. The highest BCUT2D eigenvalue weighted by atomic mass is 15.2. The summed E-state index contributed by atoms with van der Waals surface area (Å²) >= 11 is 0. The van der Waals surface area contributed by atoms with Gasteiger partial charge in [-0.2, -0.15) is 0 Å². The first-order valence-corrected chi connectivity index (χ1v) is 22.2. The van der Waals surface area contributed by atoms with Crippen LogP contribution in [0.1, 0.15) is 22.3 Å². The lowest BCUT2D eigenvalue weighted by atomic mass is 9.64. The molecule has 0 amide bonds. The van der Waals surface area contributed by atoms with Gasteiger partial charge in [0.05, 0.1) is 38.9 Å². The third-order valence-electron chi connectivity index (χ3n) is 14.1. The van der Waals surface area contributed by atoms with Crippen molar-refractivity contribution in [2.24, 2.45) is 0 Å². The number of hydrogen-bond donors (Lipinski definition) is 0. The smallest absolute Gasteiger partial charge is 0.0754 e. The molecule has 0 saturated carbocycles. The minimum Gasteiger partial charge on any atom is -0.310 e. The van der Waals surface area contributed by atoms with Crippen molar-refractivity contribution < 1.29 is 0 Å². The van der Waals surface area contributed by atoms with Crippen LogP contribution in [0.4, 0.5) is 17.1 Å². The van der Waals surface area contributed by atoms with Gasteiger partial charge in [0.15, 0.2) is 0 Å². The highest BCUT2D eigenvalue weighted by Crippen LogP contribution is 2.63. The first-order valence-electron chi connectivity index (χ1n) is 22.2. The van der Waals surface area contributed by atoms with E-state index in [9.17, 15) is 0 Å². The summed E-state index contributed by atoms with van der Waals surface area (Å²) < 4.78 is 4.91. The summed E-state index contributed by atoms with van der Waals surface area (Å²) in [7, 11) is 0. The zero-order chi connectivity index (χ0) is 41.9. The van der Waals surface area contributed by atoms with Gasteiger partial charge in [-0.25, -0.2) is 0 Å². The lowest BCUT2D eigenvalue weighted by Crippen LogP contribution is -2.36. The van der Waals surface area contributed by atoms with E-state index in [1.807, 2.05) is 0 Å². The van der Waals surface area contributed by atoms with Crippen LogP contribution in [0, 0.1) is 0 Å². The predicted octanol–water partition coefficient (Wildman–Crippen LogP) is 15.7. The van der Waals surface area contributed by atoms with Crippen LogP contribution in [0.3, 0.4) is 0 Å². The number of hydrogen-bond acceptors (Lipinski definition) is 1. The molecule has 1 aliphatic carbocycles. The summed E-state index contributed by atoms with van der Waals surface area (Å²) in [6, 6.07) is 87.8. The van der Waals surface area contributed by atoms with Crippen LogP contribution in [0.25, 0.3) is 77.2 Å². The van der Waals surface area contributed by atoms with E-state index in [0.29, 0.717) is 0 Å². The molecule has 0 fully saturated rings. The van der Waals surface area contributed by atoms with Gasteiger partial charge in [0, 0.05) is 38.6 Å². The molecular weight excluding hydrogens is 775 g/mol. The molecule has 2 aromatic heterocycles. The number of anilines is 3. The maximum atomic E-state index is 2.49. The quantitative estimate of drug-likeness (QED) is 0.172. The van der Waals surface area contributed by atoms with Gasteiger partial charge in [0.1, 0.15) is 0 Å². The number of aromatic nitrogens is 2. The topological polar surface area (TPSA) is 13.1 Å². The van der Waals surface area contributed by atoms with E-state index >= 15 is 0 Å². The van der Waals surface area contributed by atoms with Crippen LogP contribution >= 0.6 is 0 Å². The Morgan fingerprint density at radius 1 is 0.266 bits per heavy atom. The van der Waals surface area contributed by atoms with Crippen molar-refractivity contribution in [1.82, 2.24) is 9.13 Å². The number of rotatable bonds is 4. The van der Waals surface area contributed by atoms with Crippen LogP contribution in [0.2, 0.25) is 0 Å². The second-order valence-electron chi connectivity index (χ2n) is 17.2. The van der Waals surface area contributed by atoms with Crippen LogP contribution in [0.15, 0.2) is 237 Å². The summed E-state index contributed by atoms with van der Waals surface area (Å²) in [6.07, 6.45) is 0. The summed E-state index contributed by atoms with van der Waals surface area (Å²) in [5, 5.41) is 4.98. The average molecular weight is 814 g/mol. The van der Waals surface area contributed by atoms with Crippen LogP contribution in [-0.2, 0) is 5.41 Å². The number of fused-ring (bicyclic) bond motifs is 15. The Bertz CT molecular complexity index is 3580. The summed E-state index contributed by atoms with van der Waals surface area (Å²) in [4.78, 5) is 2.49. The fraction of sp³-hybridized carbons (Fsp3) is 0.0164. The highest BCUT2D eigenvalue weighted by Gasteiger charge is 2.51. The summed E-state index contributed by atoms with van der Waals surface area (Å²) in [5.74, 6) is 0. The molecular formula is C61H39N3. The molecule has 3 nitrogen and oxygen atoms in total. The summed E-state index contributed by atoms with van der Waals surface area (Å²) in [6.45, 7) is 0. The molecule has 0 saturated heterocycles. The Labute approximate surface area is 371 Å². The molecule has 14 rings (SSSR count). The molecule has 298 valence electrons. The van der Waals surface area contributed by atoms with Crippen molar-refractivity contribution in [2.45, 2.75) is 5.41 Å². The molecule has 0 bridgehead atoms. The standard InChI is InChI=1S/C61H39N3/c1-2-18-42(19-3-1)62-59-33-17-12-28-53(59)61(51-26-10-4-20-45(51)46-21-5-11-27-52(46)61)54-35-34-40(38-60(54)62)41-36-43(63-55-29-13-6-22-47(55)48-23-7-14-30-56(48)63)39-44(37-41)64-57-31-15-8-24-49(57)50-25-9-16-32-58(50)64/h1-39H. The fourth-order valence-corrected chi connectivity index (χ4v) is 11.6. The van der Waals surface area contributed by atoms with Crippen LogP contribution in [0.5, 0.6) is 0 Å².